The molecule has 25 heavy (non-hydrogen) atoms. The summed E-state index contributed by atoms with van der Waals surface area (Å²) in [6, 6.07) is 6.27. The minimum Gasteiger partial charge on any atom is -0.356 e. The first-order valence-corrected chi connectivity index (χ1v) is 9.70. The number of hydrogen-bond donors (Lipinski definition) is 1. The molecule has 1 fully saturated rings. The molecule has 0 radical (unpaired) electrons. The molecule has 0 saturated carbocycles. The Morgan fingerprint density at radius 1 is 1.24 bits per heavy atom. The fourth-order valence-corrected chi connectivity index (χ4v) is 3.49. The van der Waals surface area contributed by atoms with E-state index in [9.17, 15) is 4.79 Å². The largest absolute Gasteiger partial charge is 0.356 e. The van der Waals surface area contributed by atoms with E-state index in [1.54, 1.807) is 6.33 Å². The Balaban J connectivity index is 1.69. The predicted molar refractivity (Wildman–Crippen MR) is 105 cm³/mol. The van der Waals surface area contributed by atoms with Gasteiger partial charge in [0.1, 0.15) is 12.1 Å². The molecule has 1 amide bonds. The maximum atomic E-state index is 12.5. The second kappa shape index (κ2) is 7.68. The molecule has 6 heteroatoms. The summed E-state index contributed by atoms with van der Waals surface area (Å²) in [5.74, 6) is 1.70. The Bertz CT molecular complexity index is 756. The molecule has 1 N–H and O–H groups in total. The number of amides is 1. The summed E-state index contributed by atoms with van der Waals surface area (Å²) in [4.78, 5) is 23.6. The first-order chi connectivity index (χ1) is 12.0. The average molecular weight is 405 g/mol. The maximum absolute atomic E-state index is 12.5. The number of anilines is 1. The fourth-order valence-electron chi connectivity index (χ4n) is 3.13. The van der Waals surface area contributed by atoms with Crippen LogP contribution >= 0.6 is 15.9 Å². The number of fused-ring (bicyclic) bond motifs is 1. The van der Waals surface area contributed by atoms with Gasteiger partial charge in [-0.05, 0) is 43.9 Å². The van der Waals surface area contributed by atoms with Crippen LogP contribution in [-0.4, -0.2) is 35.0 Å². The molecular weight excluding hydrogens is 380 g/mol. The fraction of sp³-hybridized carbons (Fsp3) is 0.526. The van der Waals surface area contributed by atoms with E-state index in [-0.39, 0.29) is 17.9 Å². The van der Waals surface area contributed by atoms with Gasteiger partial charge in [-0.2, -0.15) is 0 Å². The topological polar surface area (TPSA) is 58.1 Å². The molecule has 1 aliphatic heterocycles. The summed E-state index contributed by atoms with van der Waals surface area (Å²) in [6.45, 7) is 8.01. The first-order valence-electron chi connectivity index (χ1n) is 8.91. The molecule has 3 rings (SSSR count). The summed E-state index contributed by atoms with van der Waals surface area (Å²) < 4.78 is 1.02. The van der Waals surface area contributed by atoms with Gasteiger partial charge in [-0.15, -0.1) is 0 Å². The molecule has 1 aromatic heterocycles. The van der Waals surface area contributed by atoms with Crippen molar-refractivity contribution in [2.24, 2.45) is 11.8 Å². The number of rotatable bonds is 4. The third kappa shape index (κ3) is 4.11. The number of piperidine rings is 1. The average Bonchev–Trinajstić information content (AvgIpc) is 2.61. The van der Waals surface area contributed by atoms with Gasteiger partial charge >= 0.3 is 0 Å². The van der Waals surface area contributed by atoms with Crippen molar-refractivity contribution in [2.75, 3.05) is 18.0 Å². The van der Waals surface area contributed by atoms with Crippen LogP contribution in [0.4, 0.5) is 5.82 Å². The Morgan fingerprint density at radius 2 is 1.96 bits per heavy atom. The predicted octanol–water partition coefficient (Wildman–Crippen LogP) is 3.77. The normalized spacial score (nSPS) is 17.1. The van der Waals surface area contributed by atoms with Crippen LogP contribution in [0.15, 0.2) is 29.0 Å². The quantitative estimate of drug-likeness (QED) is 0.842. The number of carbonyl (C=O) groups excluding carboxylic acids is 1. The maximum Gasteiger partial charge on any atom is 0.223 e. The van der Waals surface area contributed by atoms with Gasteiger partial charge in [-0.25, -0.2) is 9.97 Å². The number of carbonyl (C=O) groups is 1. The molecule has 1 aromatic carbocycles. The molecule has 1 unspecified atom stereocenters. The summed E-state index contributed by atoms with van der Waals surface area (Å²) in [6.07, 6.45) is 3.33. The van der Waals surface area contributed by atoms with Crippen LogP contribution in [0.3, 0.4) is 0 Å². The van der Waals surface area contributed by atoms with Crippen LogP contribution in [0.1, 0.15) is 33.6 Å². The van der Waals surface area contributed by atoms with E-state index in [0.717, 1.165) is 47.1 Å². The van der Waals surface area contributed by atoms with Crippen molar-refractivity contribution >= 4 is 38.6 Å². The van der Waals surface area contributed by atoms with Gasteiger partial charge in [0.2, 0.25) is 5.91 Å². The standard InChI is InChI=1S/C19H25BrN4O/c1-12(2)13(3)23-19(25)14-6-8-24(9-7-14)18-16-10-15(20)4-5-17(16)21-11-22-18/h4-5,10-14H,6-9H2,1-3H3,(H,23,25). The van der Waals surface area contributed by atoms with Crippen molar-refractivity contribution < 1.29 is 4.79 Å². The minimum absolute atomic E-state index is 0.0947. The highest BCUT2D eigenvalue weighted by molar-refractivity contribution is 9.10. The molecule has 0 spiro atoms. The van der Waals surface area contributed by atoms with Crippen molar-refractivity contribution in [1.82, 2.24) is 15.3 Å². The molecule has 2 aromatic rings. The number of halogens is 1. The lowest BCUT2D eigenvalue weighted by Crippen LogP contribution is -2.44. The Kier molecular flexibility index (Phi) is 5.57. The number of hydrogen-bond acceptors (Lipinski definition) is 4. The molecule has 0 aliphatic carbocycles. The van der Waals surface area contributed by atoms with E-state index in [1.807, 2.05) is 12.1 Å². The van der Waals surface area contributed by atoms with Gasteiger partial charge in [0, 0.05) is 34.9 Å². The Hall–Kier alpha value is -1.69. The lowest BCUT2D eigenvalue weighted by molar-refractivity contribution is -0.126. The van der Waals surface area contributed by atoms with Gasteiger partial charge in [-0.1, -0.05) is 29.8 Å². The van der Waals surface area contributed by atoms with Gasteiger partial charge < -0.3 is 10.2 Å². The first kappa shape index (κ1) is 18.1. The molecule has 1 aliphatic rings. The Morgan fingerprint density at radius 3 is 2.64 bits per heavy atom. The molecule has 0 bridgehead atoms. The van der Waals surface area contributed by atoms with Crippen molar-refractivity contribution in [3.63, 3.8) is 0 Å². The highest BCUT2D eigenvalue weighted by atomic mass is 79.9. The van der Waals surface area contributed by atoms with E-state index in [2.05, 4.69) is 63.0 Å². The van der Waals surface area contributed by atoms with Gasteiger partial charge in [-0.3, -0.25) is 4.79 Å². The van der Waals surface area contributed by atoms with E-state index >= 15 is 0 Å². The van der Waals surface area contributed by atoms with Crippen LogP contribution in [0.5, 0.6) is 0 Å². The molecular formula is C19H25BrN4O. The zero-order valence-electron chi connectivity index (χ0n) is 15.0. The van der Waals surface area contributed by atoms with Crippen LogP contribution in [0.25, 0.3) is 10.9 Å². The summed E-state index contributed by atoms with van der Waals surface area (Å²) in [5, 5.41) is 4.20. The summed E-state index contributed by atoms with van der Waals surface area (Å²) in [7, 11) is 0. The lowest BCUT2D eigenvalue weighted by atomic mass is 9.94. The van der Waals surface area contributed by atoms with Crippen LogP contribution in [0.2, 0.25) is 0 Å². The van der Waals surface area contributed by atoms with Crippen LogP contribution in [-0.2, 0) is 4.79 Å². The monoisotopic (exact) mass is 404 g/mol. The van der Waals surface area contributed by atoms with Crippen molar-refractivity contribution in [2.45, 2.75) is 39.7 Å². The second-order valence-electron chi connectivity index (χ2n) is 7.16. The molecule has 5 nitrogen and oxygen atoms in total. The van der Waals surface area contributed by atoms with Gasteiger partial charge in [0.15, 0.2) is 0 Å². The summed E-state index contributed by atoms with van der Waals surface area (Å²) >= 11 is 3.53. The number of aromatic nitrogens is 2. The van der Waals surface area contributed by atoms with E-state index in [0.29, 0.717) is 5.92 Å². The molecule has 1 saturated heterocycles. The van der Waals surface area contributed by atoms with Crippen LogP contribution in [0, 0.1) is 11.8 Å². The van der Waals surface area contributed by atoms with Crippen molar-refractivity contribution in [3.8, 4) is 0 Å². The van der Waals surface area contributed by atoms with E-state index < -0.39 is 0 Å². The number of nitrogens with one attached hydrogen (secondary N) is 1. The Labute approximate surface area is 157 Å². The number of benzene rings is 1. The SMILES string of the molecule is CC(C)C(C)NC(=O)C1CCN(c2ncnc3ccc(Br)cc23)CC1. The van der Waals surface area contributed by atoms with E-state index in [4.69, 9.17) is 0 Å². The minimum atomic E-state index is 0.0947. The lowest BCUT2D eigenvalue weighted by Gasteiger charge is -2.33. The van der Waals surface area contributed by atoms with E-state index in [1.165, 1.54) is 0 Å². The zero-order chi connectivity index (χ0) is 18.0. The molecule has 1 atom stereocenters. The molecule has 2 heterocycles. The van der Waals surface area contributed by atoms with Crippen molar-refractivity contribution in [1.29, 1.82) is 0 Å². The van der Waals surface area contributed by atoms with Crippen LogP contribution < -0.4 is 10.2 Å². The number of nitrogens with zero attached hydrogens (tertiary/aromatic N) is 3. The zero-order valence-corrected chi connectivity index (χ0v) is 16.6. The third-order valence-corrected chi connectivity index (χ3v) is 5.60. The highest BCUT2D eigenvalue weighted by Gasteiger charge is 2.27. The highest BCUT2D eigenvalue weighted by Crippen LogP contribution is 2.29. The third-order valence-electron chi connectivity index (χ3n) is 5.11. The molecule has 134 valence electrons. The smallest absolute Gasteiger partial charge is 0.223 e. The summed E-state index contributed by atoms with van der Waals surface area (Å²) in [5.41, 5.74) is 0.943. The second-order valence-corrected chi connectivity index (χ2v) is 8.08. The van der Waals surface area contributed by atoms with Gasteiger partial charge in [0.05, 0.1) is 5.52 Å². The van der Waals surface area contributed by atoms with Gasteiger partial charge in [0.25, 0.3) is 0 Å². The van der Waals surface area contributed by atoms with Crippen molar-refractivity contribution in [3.05, 3.63) is 29.0 Å².